The molecule has 0 saturated carbocycles. The summed E-state index contributed by atoms with van der Waals surface area (Å²) in [7, 11) is -8.29. The van der Waals surface area contributed by atoms with Crippen LogP contribution in [0.15, 0.2) is 58.3 Å². The van der Waals surface area contributed by atoms with Gasteiger partial charge in [0.05, 0.1) is 9.79 Å². The van der Waals surface area contributed by atoms with Gasteiger partial charge in [-0.3, -0.25) is 10.2 Å². The number of carbonyl (C=O) groups is 1. The number of benzene rings is 2. The Labute approximate surface area is 138 Å². The SMILES string of the molecule is NS(=O)(=O)c1cccc(S(=O)(=O)NNC(=O)c2cccc(O)c2)c1. The largest absolute Gasteiger partial charge is 0.508 e. The fourth-order valence-corrected chi connectivity index (χ4v) is 3.23. The third-order valence-corrected chi connectivity index (χ3v) is 5.01. The lowest BCUT2D eigenvalue weighted by molar-refractivity contribution is 0.0944. The van der Waals surface area contributed by atoms with Crippen molar-refractivity contribution in [2.24, 2.45) is 5.14 Å². The van der Waals surface area contributed by atoms with E-state index in [0.717, 1.165) is 24.3 Å². The van der Waals surface area contributed by atoms with Crippen LogP contribution >= 0.6 is 0 Å². The number of nitrogens with two attached hydrogens (primary N) is 1. The van der Waals surface area contributed by atoms with Crippen LogP contribution in [0.3, 0.4) is 0 Å². The zero-order valence-electron chi connectivity index (χ0n) is 12.0. The molecule has 0 aliphatic carbocycles. The van der Waals surface area contributed by atoms with Crippen molar-refractivity contribution in [3.63, 3.8) is 0 Å². The number of hydrazine groups is 1. The Morgan fingerprint density at radius 2 is 1.58 bits per heavy atom. The van der Waals surface area contributed by atoms with Gasteiger partial charge in [0, 0.05) is 5.56 Å². The van der Waals surface area contributed by atoms with E-state index < -0.39 is 30.8 Å². The molecular formula is C13H13N3O6S2. The predicted octanol–water partition coefficient (Wildman–Crippen LogP) is -0.337. The van der Waals surface area contributed by atoms with Crippen molar-refractivity contribution in [3.05, 3.63) is 54.1 Å². The summed E-state index contributed by atoms with van der Waals surface area (Å²) in [6, 6.07) is 9.60. The van der Waals surface area contributed by atoms with Crippen molar-refractivity contribution in [2.75, 3.05) is 0 Å². The van der Waals surface area contributed by atoms with Crippen LogP contribution in [0.25, 0.3) is 0 Å². The quantitative estimate of drug-likeness (QED) is 0.527. The van der Waals surface area contributed by atoms with E-state index in [0.29, 0.717) is 0 Å². The molecule has 5 N–H and O–H groups in total. The molecule has 0 saturated heterocycles. The number of aromatic hydroxyl groups is 1. The maximum atomic E-state index is 12.1. The average Bonchev–Trinajstić information content (AvgIpc) is 2.52. The first-order valence-electron chi connectivity index (χ1n) is 6.34. The Balaban J connectivity index is 2.19. The van der Waals surface area contributed by atoms with Gasteiger partial charge in [-0.15, -0.1) is 4.83 Å². The summed E-state index contributed by atoms with van der Waals surface area (Å²) in [5.74, 6) is -0.969. The Morgan fingerprint density at radius 3 is 2.21 bits per heavy atom. The van der Waals surface area contributed by atoms with Gasteiger partial charge in [0.15, 0.2) is 0 Å². The maximum absolute atomic E-state index is 12.1. The third kappa shape index (κ3) is 4.29. The number of phenols is 1. The second kappa shape index (κ2) is 6.57. The van der Waals surface area contributed by atoms with E-state index >= 15 is 0 Å². The molecule has 0 spiro atoms. The number of hydrogen-bond acceptors (Lipinski definition) is 6. The van der Waals surface area contributed by atoms with E-state index in [1.165, 1.54) is 24.3 Å². The molecule has 2 aromatic rings. The lowest BCUT2D eigenvalue weighted by atomic mass is 10.2. The first kappa shape index (κ1) is 17.9. The van der Waals surface area contributed by atoms with Crippen LogP contribution in [0.2, 0.25) is 0 Å². The number of carbonyl (C=O) groups excluding carboxylic acids is 1. The highest BCUT2D eigenvalue weighted by molar-refractivity contribution is 7.90. The summed E-state index contributed by atoms with van der Waals surface area (Å²) in [5.41, 5.74) is 1.98. The third-order valence-electron chi connectivity index (χ3n) is 2.85. The summed E-state index contributed by atoms with van der Waals surface area (Å²) >= 11 is 0. The number of hydrogen-bond donors (Lipinski definition) is 4. The summed E-state index contributed by atoms with van der Waals surface area (Å²) in [6.07, 6.45) is 0. The van der Waals surface area contributed by atoms with Gasteiger partial charge in [0.1, 0.15) is 5.75 Å². The molecule has 1 amide bonds. The highest BCUT2D eigenvalue weighted by Gasteiger charge is 2.18. The first-order valence-corrected chi connectivity index (χ1v) is 9.36. The van der Waals surface area contributed by atoms with Crippen molar-refractivity contribution in [1.82, 2.24) is 10.3 Å². The van der Waals surface area contributed by atoms with Crippen LogP contribution in [-0.4, -0.2) is 27.8 Å². The normalized spacial score (nSPS) is 11.9. The predicted molar refractivity (Wildman–Crippen MR) is 83.7 cm³/mol. The van der Waals surface area contributed by atoms with Crippen LogP contribution in [-0.2, 0) is 20.0 Å². The van der Waals surface area contributed by atoms with Crippen molar-refractivity contribution in [3.8, 4) is 5.75 Å². The smallest absolute Gasteiger partial charge is 0.266 e. The highest BCUT2D eigenvalue weighted by Crippen LogP contribution is 2.14. The van der Waals surface area contributed by atoms with Gasteiger partial charge in [-0.1, -0.05) is 12.1 Å². The van der Waals surface area contributed by atoms with Crippen molar-refractivity contribution in [2.45, 2.75) is 9.79 Å². The van der Waals surface area contributed by atoms with E-state index in [9.17, 15) is 26.7 Å². The fraction of sp³-hybridized carbons (Fsp3) is 0. The summed E-state index contributed by atoms with van der Waals surface area (Å²) in [5, 5.41) is 14.2. The summed E-state index contributed by atoms with van der Waals surface area (Å²) < 4.78 is 46.7. The molecule has 2 rings (SSSR count). The minimum atomic E-state index is -4.22. The van der Waals surface area contributed by atoms with Crippen LogP contribution in [0.1, 0.15) is 10.4 Å². The second-order valence-electron chi connectivity index (χ2n) is 4.63. The Hall–Kier alpha value is -2.47. The number of nitrogens with one attached hydrogen (secondary N) is 2. The maximum Gasteiger partial charge on any atom is 0.266 e. The average molecular weight is 371 g/mol. The lowest BCUT2D eigenvalue weighted by Crippen LogP contribution is -2.41. The molecule has 9 nitrogen and oxygen atoms in total. The van der Waals surface area contributed by atoms with Crippen LogP contribution in [0, 0.1) is 0 Å². The molecule has 0 unspecified atom stereocenters. The summed E-state index contributed by atoms with van der Waals surface area (Å²) in [6.45, 7) is 0. The highest BCUT2D eigenvalue weighted by atomic mass is 32.2. The molecular weight excluding hydrogens is 358 g/mol. The molecule has 0 atom stereocenters. The van der Waals surface area contributed by atoms with Gasteiger partial charge >= 0.3 is 0 Å². The van der Waals surface area contributed by atoms with Crippen molar-refractivity contribution >= 4 is 26.0 Å². The fourth-order valence-electron chi connectivity index (χ4n) is 1.71. The van der Waals surface area contributed by atoms with Crippen LogP contribution in [0.5, 0.6) is 5.75 Å². The molecule has 0 aromatic heterocycles. The van der Waals surface area contributed by atoms with Gasteiger partial charge in [-0.2, -0.15) is 0 Å². The Bertz CT molecular complexity index is 986. The lowest BCUT2D eigenvalue weighted by Gasteiger charge is -2.09. The van der Waals surface area contributed by atoms with Gasteiger partial charge in [-0.05, 0) is 36.4 Å². The number of rotatable bonds is 5. The Morgan fingerprint density at radius 1 is 0.958 bits per heavy atom. The van der Waals surface area contributed by atoms with Crippen molar-refractivity contribution in [1.29, 1.82) is 0 Å². The molecule has 0 aliphatic rings. The molecule has 24 heavy (non-hydrogen) atoms. The minimum absolute atomic E-state index is 0.0241. The van der Waals surface area contributed by atoms with E-state index in [1.807, 2.05) is 10.3 Å². The van der Waals surface area contributed by atoms with Crippen LogP contribution in [0.4, 0.5) is 0 Å². The van der Waals surface area contributed by atoms with E-state index in [-0.39, 0.29) is 16.2 Å². The Kier molecular flexibility index (Phi) is 4.89. The summed E-state index contributed by atoms with van der Waals surface area (Å²) in [4.78, 5) is 12.9. The zero-order valence-corrected chi connectivity index (χ0v) is 13.6. The number of sulfonamides is 2. The molecule has 2 aromatic carbocycles. The van der Waals surface area contributed by atoms with Gasteiger partial charge in [0.2, 0.25) is 10.0 Å². The minimum Gasteiger partial charge on any atom is -0.508 e. The number of phenolic OH excluding ortho intramolecular Hbond substituents is 1. The topological polar surface area (TPSA) is 156 Å². The number of amides is 1. The zero-order chi connectivity index (χ0) is 18.0. The second-order valence-corrected chi connectivity index (χ2v) is 7.87. The van der Waals surface area contributed by atoms with Gasteiger partial charge in [-0.25, -0.2) is 22.0 Å². The molecule has 0 radical (unpaired) electrons. The van der Waals surface area contributed by atoms with Crippen molar-refractivity contribution < 1.29 is 26.7 Å². The number of primary sulfonamides is 1. The van der Waals surface area contributed by atoms with Gasteiger partial charge < -0.3 is 5.11 Å². The van der Waals surface area contributed by atoms with E-state index in [1.54, 1.807) is 0 Å². The molecule has 0 aliphatic heterocycles. The molecule has 128 valence electrons. The first-order chi connectivity index (χ1) is 11.1. The van der Waals surface area contributed by atoms with E-state index in [4.69, 9.17) is 5.14 Å². The molecule has 0 bridgehead atoms. The molecule has 11 heteroatoms. The standard InChI is InChI=1S/C13H13N3O6S2/c14-23(19,20)11-5-2-6-12(8-11)24(21,22)16-15-13(18)9-3-1-4-10(17)7-9/h1-8,16-17H,(H,15,18)(H2,14,19,20). The monoisotopic (exact) mass is 371 g/mol. The van der Waals surface area contributed by atoms with Crippen LogP contribution < -0.4 is 15.4 Å². The van der Waals surface area contributed by atoms with Gasteiger partial charge in [0.25, 0.3) is 15.9 Å². The molecule has 0 heterocycles. The molecule has 0 fully saturated rings. The van der Waals surface area contributed by atoms with E-state index in [2.05, 4.69) is 0 Å².